The molecule has 2 aliphatic heterocycles. The van der Waals surface area contributed by atoms with E-state index in [4.69, 9.17) is 9.47 Å². The maximum absolute atomic E-state index is 12.0. The van der Waals surface area contributed by atoms with Crippen LogP contribution in [-0.2, 0) is 9.47 Å². The minimum atomic E-state index is -0.455. The third kappa shape index (κ3) is 3.83. The van der Waals surface area contributed by atoms with E-state index in [1.165, 1.54) is 0 Å². The van der Waals surface area contributed by atoms with Gasteiger partial charge in [-0.15, -0.1) is 0 Å². The first kappa shape index (κ1) is 14.6. The van der Waals surface area contributed by atoms with Crippen molar-refractivity contribution in [1.29, 1.82) is 0 Å². The summed E-state index contributed by atoms with van der Waals surface area (Å²) < 4.78 is 11.2. The van der Waals surface area contributed by atoms with Gasteiger partial charge in [0.25, 0.3) is 0 Å². The zero-order valence-electron chi connectivity index (χ0n) is 12.1. The fourth-order valence-electron chi connectivity index (χ4n) is 2.77. The standard InChI is InChI=1S/C14H25NO4/c1-13(2,3)19-12(17)15-7-5-14(6-8-15)10-11(16)4-9-18-14/h11,16H,4-10H2,1-3H3/t11-/m0/s1. The van der Waals surface area contributed by atoms with E-state index < -0.39 is 5.60 Å². The highest BCUT2D eigenvalue weighted by atomic mass is 16.6. The maximum atomic E-state index is 12.0. The van der Waals surface area contributed by atoms with Crippen molar-refractivity contribution in [3.63, 3.8) is 0 Å². The first-order valence-electron chi connectivity index (χ1n) is 7.10. The second-order valence-corrected chi connectivity index (χ2v) is 6.65. The first-order valence-corrected chi connectivity index (χ1v) is 7.10. The lowest BCUT2D eigenvalue weighted by Gasteiger charge is -2.45. The Bertz CT molecular complexity index is 329. The van der Waals surface area contributed by atoms with Crippen LogP contribution in [0.15, 0.2) is 0 Å². The lowest BCUT2D eigenvalue weighted by atomic mass is 9.83. The van der Waals surface area contributed by atoms with Crippen molar-refractivity contribution in [3.05, 3.63) is 0 Å². The van der Waals surface area contributed by atoms with Gasteiger partial charge in [-0.1, -0.05) is 0 Å². The fraction of sp³-hybridized carbons (Fsp3) is 0.929. The molecule has 2 fully saturated rings. The SMILES string of the molecule is CC(C)(C)OC(=O)N1CCC2(CC1)C[C@@H](O)CCO2. The van der Waals surface area contributed by atoms with Gasteiger partial charge in [0.05, 0.1) is 11.7 Å². The Kier molecular flexibility index (Phi) is 4.06. The van der Waals surface area contributed by atoms with Crippen molar-refractivity contribution in [2.45, 2.75) is 63.8 Å². The number of amides is 1. The number of likely N-dealkylation sites (tertiary alicyclic amines) is 1. The predicted octanol–water partition coefficient (Wildman–Crippen LogP) is 1.93. The molecule has 2 aliphatic rings. The Labute approximate surface area is 114 Å². The number of carbonyl (C=O) groups excluding carboxylic acids is 1. The minimum Gasteiger partial charge on any atom is -0.444 e. The molecule has 1 amide bonds. The van der Waals surface area contributed by atoms with Crippen molar-refractivity contribution >= 4 is 6.09 Å². The Hall–Kier alpha value is -0.810. The van der Waals surface area contributed by atoms with Crippen molar-refractivity contribution in [3.8, 4) is 0 Å². The summed E-state index contributed by atoms with van der Waals surface area (Å²) >= 11 is 0. The molecule has 2 saturated heterocycles. The molecule has 110 valence electrons. The lowest BCUT2D eigenvalue weighted by molar-refractivity contribution is -0.141. The molecular formula is C14H25NO4. The van der Waals surface area contributed by atoms with Crippen molar-refractivity contribution in [2.24, 2.45) is 0 Å². The number of rotatable bonds is 0. The van der Waals surface area contributed by atoms with Gasteiger partial charge in [0.1, 0.15) is 5.60 Å². The summed E-state index contributed by atoms with van der Waals surface area (Å²) in [5, 5.41) is 9.77. The second kappa shape index (κ2) is 5.29. The number of hydrogen-bond donors (Lipinski definition) is 1. The topological polar surface area (TPSA) is 59.0 Å². The zero-order chi connectivity index (χ0) is 14.1. The molecule has 0 bridgehead atoms. The molecule has 0 unspecified atom stereocenters. The van der Waals surface area contributed by atoms with Crippen LogP contribution < -0.4 is 0 Å². The van der Waals surface area contributed by atoms with Gasteiger partial charge in [-0.3, -0.25) is 0 Å². The largest absolute Gasteiger partial charge is 0.444 e. The summed E-state index contributed by atoms with van der Waals surface area (Å²) in [6.07, 6.45) is 2.46. The van der Waals surface area contributed by atoms with Gasteiger partial charge < -0.3 is 19.5 Å². The maximum Gasteiger partial charge on any atom is 0.410 e. The molecule has 19 heavy (non-hydrogen) atoms. The molecule has 0 aromatic rings. The number of ether oxygens (including phenoxy) is 2. The van der Waals surface area contributed by atoms with Gasteiger partial charge in [-0.2, -0.15) is 0 Å². The van der Waals surface area contributed by atoms with E-state index in [1.54, 1.807) is 4.90 Å². The first-order chi connectivity index (χ1) is 8.80. The third-order valence-corrected chi connectivity index (χ3v) is 3.79. The molecule has 2 heterocycles. The fourth-order valence-corrected chi connectivity index (χ4v) is 2.77. The highest BCUT2D eigenvalue weighted by Crippen LogP contribution is 2.35. The molecule has 1 N–H and O–H groups in total. The summed E-state index contributed by atoms with van der Waals surface area (Å²) in [7, 11) is 0. The molecule has 0 aromatic heterocycles. The summed E-state index contributed by atoms with van der Waals surface area (Å²) in [6, 6.07) is 0. The molecule has 5 nitrogen and oxygen atoms in total. The highest BCUT2D eigenvalue weighted by Gasteiger charge is 2.41. The minimum absolute atomic E-state index is 0.226. The Morgan fingerprint density at radius 3 is 2.53 bits per heavy atom. The van der Waals surface area contributed by atoms with Crippen molar-refractivity contribution < 1.29 is 19.4 Å². The van der Waals surface area contributed by atoms with Crippen LogP contribution in [0.3, 0.4) is 0 Å². The third-order valence-electron chi connectivity index (χ3n) is 3.79. The van der Waals surface area contributed by atoms with E-state index in [2.05, 4.69) is 0 Å². The molecule has 2 rings (SSSR count). The van der Waals surface area contributed by atoms with Gasteiger partial charge in [-0.25, -0.2) is 4.79 Å². The van der Waals surface area contributed by atoms with Crippen LogP contribution in [-0.4, -0.2) is 53.1 Å². The quantitative estimate of drug-likeness (QED) is 0.731. The summed E-state index contributed by atoms with van der Waals surface area (Å²) in [5.74, 6) is 0. The zero-order valence-corrected chi connectivity index (χ0v) is 12.1. The van der Waals surface area contributed by atoms with Gasteiger partial charge in [0, 0.05) is 26.1 Å². The van der Waals surface area contributed by atoms with E-state index in [1.807, 2.05) is 20.8 Å². The number of piperidine rings is 1. The Morgan fingerprint density at radius 2 is 2.00 bits per heavy atom. The number of aliphatic hydroxyl groups excluding tert-OH is 1. The van der Waals surface area contributed by atoms with Gasteiger partial charge in [-0.05, 0) is 40.0 Å². The van der Waals surface area contributed by atoms with Gasteiger partial charge in [0.15, 0.2) is 0 Å². The average molecular weight is 271 g/mol. The molecular weight excluding hydrogens is 246 g/mol. The van der Waals surface area contributed by atoms with Crippen LogP contribution in [0.2, 0.25) is 0 Å². The van der Waals surface area contributed by atoms with Crippen molar-refractivity contribution in [2.75, 3.05) is 19.7 Å². The van der Waals surface area contributed by atoms with Gasteiger partial charge >= 0.3 is 6.09 Å². The normalized spacial score (nSPS) is 27.4. The summed E-state index contributed by atoms with van der Waals surface area (Å²) in [5.41, 5.74) is -0.681. The molecule has 0 saturated carbocycles. The summed E-state index contributed by atoms with van der Waals surface area (Å²) in [6.45, 7) is 7.52. The van der Waals surface area contributed by atoms with Crippen LogP contribution in [0.1, 0.15) is 46.5 Å². The van der Waals surface area contributed by atoms with Crippen LogP contribution >= 0.6 is 0 Å². The van der Waals surface area contributed by atoms with Crippen LogP contribution in [0.5, 0.6) is 0 Å². The van der Waals surface area contributed by atoms with Crippen molar-refractivity contribution in [1.82, 2.24) is 4.90 Å². The molecule has 1 spiro atoms. The lowest BCUT2D eigenvalue weighted by Crippen LogP contribution is -2.52. The smallest absolute Gasteiger partial charge is 0.410 e. The number of carbonyl (C=O) groups is 1. The Morgan fingerprint density at radius 1 is 1.37 bits per heavy atom. The highest BCUT2D eigenvalue weighted by molar-refractivity contribution is 5.68. The molecule has 0 aliphatic carbocycles. The van der Waals surface area contributed by atoms with E-state index >= 15 is 0 Å². The van der Waals surface area contributed by atoms with Crippen LogP contribution in [0, 0.1) is 0 Å². The van der Waals surface area contributed by atoms with Gasteiger partial charge in [0.2, 0.25) is 0 Å². The molecule has 0 aromatic carbocycles. The van der Waals surface area contributed by atoms with E-state index in [9.17, 15) is 9.90 Å². The molecule has 0 radical (unpaired) electrons. The monoisotopic (exact) mass is 271 g/mol. The van der Waals surface area contributed by atoms with Crippen LogP contribution in [0.4, 0.5) is 4.79 Å². The number of aliphatic hydroxyl groups is 1. The van der Waals surface area contributed by atoms with E-state index in [-0.39, 0.29) is 17.8 Å². The second-order valence-electron chi connectivity index (χ2n) is 6.65. The number of hydrogen-bond acceptors (Lipinski definition) is 4. The molecule has 1 atom stereocenters. The van der Waals surface area contributed by atoms with E-state index in [0.29, 0.717) is 26.1 Å². The summed E-state index contributed by atoms with van der Waals surface area (Å²) in [4.78, 5) is 13.7. The van der Waals surface area contributed by atoms with Crippen LogP contribution in [0.25, 0.3) is 0 Å². The Balaban J connectivity index is 1.87. The number of nitrogens with zero attached hydrogens (tertiary/aromatic N) is 1. The predicted molar refractivity (Wildman–Crippen MR) is 71.0 cm³/mol. The average Bonchev–Trinajstić information content (AvgIpc) is 2.27. The molecule has 5 heteroatoms. The van der Waals surface area contributed by atoms with E-state index in [0.717, 1.165) is 19.3 Å².